The largest absolute Gasteiger partial charge is 0.383 e. The third-order valence-electron chi connectivity index (χ3n) is 3.25. The zero-order chi connectivity index (χ0) is 14.2. The number of methoxy groups -OCH3 is 1. The van der Waals surface area contributed by atoms with Gasteiger partial charge < -0.3 is 10.1 Å². The molecule has 0 aliphatic heterocycles. The predicted octanol–water partition coefficient (Wildman–Crippen LogP) is 3.86. The molecule has 0 saturated carbocycles. The topological polar surface area (TPSA) is 21.3 Å². The van der Waals surface area contributed by atoms with Crippen molar-refractivity contribution in [1.82, 2.24) is 5.32 Å². The number of halogens is 1. The minimum absolute atomic E-state index is 0.230. The van der Waals surface area contributed by atoms with Crippen molar-refractivity contribution in [3.8, 4) is 0 Å². The molecular formula is C17H20ClNO. The van der Waals surface area contributed by atoms with Crippen LogP contribution < -0.4 is 5.32 Å². The number of ether oxygens (including phenoxy) is 1. The van der Waals surface area contributed by atoms with Gasteiger partial charge in [-0.1, -0.05) is 54.1 Å². The molecule has 0 amide bonds. The van der Waals surface area contributed by atoms with E-state index in [2.05, 4.69) is 41.7 Å². The third kappa shape index (κ3) is 4.64. The lowest BCUT2D eigenvalue weighted by Gasteiger charge is -2.18. The molecule has 0 bridgehead atoms. The first-order chi connectivity index (χ1) is 9.79. The summed E-state index contributed by atoms with van der Waals surface area (Å²) in [5, 5.41) is 4.32. The van der Waals surface area contributed by atoms with Gasteiger partial charge in [-0.2, -0.15) is 0 Å². The standard InChI is InChI=1S/C17H20ClNO/c1-20-13-17(15-5-3-2-4-6-15)19-12-11-14-7-9-16(18)10-8-14/h2-10,17,19H,11-13H2,1H3. The summed E-state index contributed by atoms with van der Waals surface area (Å²) in [6, 6.07) is 18.6. The van der Waals surface area contributed by atoms with Gasteiger partial charge in [0, 0.05) is 12.1 Å². The first-order valence-electron chi connectivity index (χ1n) is 6.81. The van der Waals surface area contributed by atoms with Crippen LogP contribution in [0.15, 0.2) is 54.6 Å². The lowest BCUT2D eigenvalue weighted by atomic mass is 10.1. The van der Waals surface area contributed by atoms with Gasteiger partial charge in [0.05, 0.1) is 12.6 Å². The van der Waals surface area contributed by atoms with Crippen molar-refractivity contribution in [3.63, 3.8) is 0 Å². The lowest BCUT2D eigenvalue weighted by molar-refractivity contribution is 0.167. The van der Waals surface area contributed by atoms with Crippen LogP contribution in [0.3, 0.4) is 0 Å². The molecule has 1 unspecified atom stereocenters. The van der Waals surface area contributed by atoms with Crippen LogP contribution in [0.2, 0.25) is 5.02 Å². The predicted molar refractivity (Wildman–Crippen MR) is 84.2 cm³/mol. The van der Waals surface area contributed by atoms with Crippen molar-refractivity contribution < 1.29 is 4.74 Å². The van der Waals surface area contributed by atoms with Crippen LogP contribution in [0.1, 0.15) is 17.2 Å². The Balaban J connectivity index is 1.88. The Morgan fingerprint density at radius 3 is 2.40 bits per heavy atom. The highest BCUT2D eigenvalue weighted by Crippen LogP contribution is 2.13. The van der Waals surface area contributed by atoms with E-state index in [1.165, 1.54) is 11.1 Å². The SMILES string of the molecule is COCC(NCCc1ccc(Cl)cc1)c1ccccc1. The average Bonchev–Trinajstić information content (AvgIpc) is 2.49. The second-order valence-electron chi connectivity index (χ2n) is 4.75. The highest BCUT2D eigenvalue weighted by molar-refractivity contribution is 6.30. The molecule has 0 aromatic heterocycles. The maximum absolute atomic E-state index is 5.89. The molecule has 0 heterocycles. The minimum atomic E-state index is 0.230. The molecule has 20 heavy (non-hydrogen) atoms. The van der Waals surface area contributed by atoms with Crippen LogP contribution in [0.25, 0.3) is 0 Å². The van der Waals surface area contributed by atoms with Crippen LogP contribution in [-0.2, 0) is 11.2 Å². The molecule has 0 radical (unpaired) electrons. The Morgan fingerprint density at radius 1 is 1.05 bits per heavy atom. The molecule has 2 aromatic rings. The molecule has 2 nitrogen and oxygen atoms in total. The van der Waals surface area contributed by atoms with E-state index in [9.17, 15) is 0 Å². The highest BCUT2D eigenvalue weighted by Gasteiger charge is 2.09. The summed E-state index contributed by atoms with van der Waals surface area (Å²) in [7, 11) is 1.73. The second kappa shape index (κ2) is 8.05. The fourth-order valence-corrected chi connectivity index (χ4v) is 2.29. The van der Waals surface area contributed by atoms with E-state index in [0.717, 1.165) is 18.0 Å². The number of nitrogens with one attached hydrogen (secondary N) is 1. The molecule has 0 aliphatic rings. The zero-order valence-corrected chi connectivity index (χ0v) is 12.4. The van der Waals surface area contributed by atoms with Crippen LogP contribution in [0, 0.1) is 0 Å². The summed E-state index contributed by atoms with van der Waals surface area (Å²) in [5.74, 6) is 0. The van der Waals surface area contributed by atoms with Gasteiger partial charge in [0.2, 0.25) is 0 Å². The van der Waals surface area contributed by atoms with Gasteiger partial charge in [0.15, 0.2) is 0 Å². The van der Waals surface area contributed by atoms with Crippen molar-refractivity contribution in [3.05, 3.63) is 70.7 Å². The average molecular weight is 290 g/mol. The van der Waals surface area contributed by atoms with Gasteiger partial charge in [-0.3, -0.25) is 0 Å². The van der Waals surface area contributed by atoms with Crippen molar-refractivity contribution >= 4 is 11.6 Å². The Hall–Kier alpha value is -1.35. The number of rotatable bonds is 7. The van der Waals surface area contributed by atoms with E-state index in [1.54, 1.807) is 7.11 Å². The summed E-state index contributed by atoms with van der Waals surface area (Å²) in [6.45, 7) is 1.58. The molecule has 0 fully saturated rings. The molecular weight excluding hydrogens is 270 g/mol. The van der Waals surface area contributed by atoms with E-state index in [-0.39, 0.29) is 6.04 Å². The number of hydrogen-bond donors (Lipinski definition) is 1. The minimum Gasteiger partial charge on any atom is -0.383 e. The lowest BCUT2D eigenvalue weighted by Crippen LogP contribution is -2.27. The highest BCUT2D eigenvalue weighted by atomic mass is 35.5. The maximum atomic E-state index is 5.89. The Morgan fingerprint density at radius 2 is 1.75 bits per heavy atom. The van der Waals surface area contributed by atoms with E-state index >= 15 is 0 Å². The first-order valence-corrected chi connectivity index (χ1v) is 7.19. The summed E-state index contributed by atoms with van der Waals surface area (Å²) < 4.78 is 5.30. The smallest absolute Gasteiger partial charge is 0.0657 e. The van der Waals surface area contributed by atoms with Gasteiger partial charge >= 0.3 is 0 Å². The molecule has 2 rings (SSSR count). The van der Waals surface area contributed by atoms with Crippen LogP contribution in [0.4, 0.5) is 0 Å². The van der Waals surface area contributed by atoms with E-state index in [4.69, 9.17) is 16.3 Å². The quantitative estimate of drug-likeness (QED) is 0.836. The van der Waals surface area contributed by atoms with E-state index in [1.807, 2.05) is 18.2 Å². The maximum Gasteiger partial charge on any atom is 0.0657 e. The molecule has 0 spiro atoms. The first kappa shape index (κ1) is 15.0. The monoisotopic (exact) mass is 289 g/mol. The van der Waals surface area contributed by atoms with Crippen molar-refractivity contribution in [2.45, 2.75) is 12.5 Å². The van der Waals surface area contributed by atoms with E-state index in [0.29, 0.717) is 6.61 Å². The van der Waals surface area contributed by atoms with Gasteiger partial charge in [0.1, 0.15) is 0 Å². The van der Waals surface area contributed by atoms with Crippen molar-refractivity contribution in [2.75, 3.05) is 20.3 Å². The van der Waals surface area contributed by atoms with Crippen LogP contribution in [-0.4, -0.2) is 20.3 Å². The summed E-state index contributed by atoms with van der Waals surface area (Å²) in [4.78, 5) is 0. The van der Waals surface area contributed by atoms with Gasteiger partial charge in [0.25, 0.3) is 0 Å². The van der Waals surface area contributed by atoms with Crippen LogP contribution >= 0.6 is 11.6 Å². The Bertz CT molecular complexity index is 498. The van der Waals surface area contributed by atoms with Gasteiger partial charge in [-0.15, -0.1) is 0 Å². The molecule has 0 aliphatic carbocycles. The van der Waals surface area contributed by atoms with E-state index < -0.39 is 0 Å². The summed E-state index contributed by atoms with van der Waals surface area (Å²) >= 11 is 5.89. The van der Waals surface area contributed by atoms with Crippen LogP contribution in [0.5, 0.6) is 0 Å². The van der Waals surface area contributed by atoms with Crippen molar-refractivity contribution in [2.24, 2.45) is 0 Å². The Labute approximate surface area is 125 Å². The molecule has 1 N–H and O–H groups in total. The zero-order valence-electron chi connectivity index (χ0n) is 11.7. The summed E-state index contributed by atoms with van der Waals surface area (Å²) in [6.07, 6.45) is 0.976. The molecule has 0 saturated heterocycles. The van der Waals surface area contributed by atoms with Gasteiger partial charge in [-0.05, 0) is 36.2 Å². The fourth-order valence-electron chi connectivity index (χ4n) is 2.17. The molecule has 3 heteroatoms. The molecule has 106 valence electrons. The Kier molecular flexibility index (Phi) is 6.06. The molecule has 1 atom stereocenters. The van der Waals surface area contributed by atoms with Crippen molar-refractivity contribution in [1.29, 1.82) is 0 Å². The number of hydrogen-bond acceptors (Lipinski definition) is 2. The number of benzene rings is 2. The van der Waals surface area contributed by atoms with Gasteiger partial charge in [-0.25, -0.2) is 0 Å². The fraction of sp³-hybridized carbons (Fsp3) is 0.294. The third-order valence-corrected chi connectivity index (χ3v) is 3.50. The second-order valence-corrected chi connectivity index (χ2v) is 5.19. The summed E-state index contributed by atoms with van der Waals surface area (Å²) in [5.41, 5.74) is 2.54. The normalized spacial score (nSPS) is 12.3. The molecule has 2 aromatic carbocycles.